The van der Waals surface area contributed by atoms with Crippen molar-refractivity contribution in [3.05, 3.63) is 52.8 Å². The molecule has 0 atom stereocenters. The SMILES string of the molecule is CN1CCN(c2ccc3nc(-c4c(NC5CCNCC5)c5ccccc5n(Cl)c4=O)[nH]c3c2)CC1. The van der Waals surface area contributed by atoms with E-state index in [-0.39, 0.29) is 11.6 Å². The lowest BCUT2D eigenvalue weighted by molar-refractivity contribution is 0.313. The zero-order chi connectivity index (χ0) is 23.9. The molecule has 2 aromatic carbocycles. The first-order chi connectivity index (χ1) is 17.1. The van der Waals surface area contributed by atoms with Crippen LogP contribution in [0, 0.1) is 0 Å². The number of nitrogens with zero attached hydrogens (tertiary/aromatic N) is 4. The second-order valence-corrected chi connectivity index (χ2v) is 9.94. The number of aromatic amines is 1. The van der Waals surface area contributed by atoms with Crippen LogP contribution in [-0.2, 0) is 0 Å². The molecule has 2 aliphatic rings. The Balaban J connectivity index is 1.46. The van der Waals surface area contributed by atoms with Gasteiger partial charge in [0.05, 0.1) is 22.2 Å². The van der Waals surface area contributed by atoms with Gasteiger partial charge < -0.3 is 25.4 Å². The first kappa shape index (κ1) is 22.4. The van der Waals surface area contributed by atoms with Gasteiger partial charge in [-0.15, -0.1) is 0 Å². The van der Waals surface area contributed by atoms with Gasteiger partial charge in [-0.3, -0.25) is 4.79 Å². The molecule has 182 valence electrons. The van der Waals surface area contributed by atoms with Crippen LogP contribution in [0.3, 0.4) is 0 Å². The monoisotopic (exact) mass is 491 g/mol. The number of hydrogen-bond acceptors (Lipinski definition) is 6. The summed E-state index contributed by atoms with van der Waals surface area (Å²) in [7, 11) is 2.16. The van der Waals surface area contributed by atoms with Gasteiger partial charge in [-0.1, -0.05) is 18.2 Å². The van der Waals surface area contributed by atoms with Crippen molar-refractivity contribution in [3.8, 4) is 11.4 Å². The van der Waals surface area contributed by atoms with Crippen molar-refractivity contribution in [2.75, 3.05) is 56.5 Å². The zero-order valence-corrected chi connectivity index (χ0v) is 20.6. The number of nitrogens with one attached hydrogen (secondary N) is 3. The van der Waals surface area contributed by atoms with Crippen LogP contribution in [0.25, 0.3) is 33.3 Å². The Hall–Kier alpha value is -3.07. The van der Waals surface area contributed by atoms with E-state index in [1.165, 1.54) is 9.77 Å². The number of piperidine rings is 1. The van der Waals surface area contributed by atoms with Crippen LogP contribution in [-0.4, -0.2) is 71.3 Å². The van der Waals surface area contributed by atoms with Crippen molar-refractivity contribution in [2.45, 2.75) is 18.9 Å². The van der Waals surface area contributed by atoms with Crippen molar-refractivity contribution < 1.29 is 0 Å². The quantitative estimate of drug-likeness (QED) is 0.405. The van der Waals surface area contributed by atoms with Gasteiger partial charge in [-0.05, 0) is 57.2 Å². The van der Waals surface area contributed by atoms with Crippen LogP contribution in [0.2, 0.25) is 0 Å². The third-order valence-electron chi connectivity index (χ3n) is 7.29. The number of pyridine rings is 1. The molecule has 2 saturated heterocycles. The fourth-order valence-corrected chi connectivity index (χ4v) is 5.45. The average Bonchev–Trinajstić information content (AvgIpc) is 3.31. The number of likely N-dealkylation sites (N-methyl/N-ethyl adjacent to an activating group) is 1. The molecular weight excluding hydrogens is 462 g/mol. The summed E-state index contributed by atoms with van der Waals surface area (Å²) in [5, 5.41) is 8.00. The molecule has 0 saturated carbocycles. The van der Waals surface area contributed by atoms with E-state index in [9.17, 15) is 4.79 Å². The number of piperazine rings is 1. The van der Waals surface area contributed by atoms with E-state index in [2.05, 4.69) is 44.6 Å². The molecule has 4 heterocycles. The molecule has 2 aromatic heterocycles. The van der Waals surface area contributed by atoms with Gasteiger partial charge in [0, 0.05) is 55.1 Å². The summed E-state index contributed by atoms with van der Waals surface area (Å²) in [4.78, 5) is 26.6. The van der Waals surface area contributed by atoms with E-state index in [4.69, 9.17) is 16.8 Å². The Morgan fingerprint density at radius 1 is 1.06 bits per heavy atom. The highest BCUT2D eigenvalue weighted by Gasteiger charge is 2.24. The van der Waals surface area contributed by atoms with Crippen molar-refractivity contribution in [2.24, 2.45) is 0 Å². The van der Waals surface area contributed by atoms with Crippen LogP contribution in [0.1, 0.15) is 12.8 Å². The first-order valence-corrected chi connectivity index (χ1v) is 12.7. The standard InChI is InChI=1S/C26H30ClN7O/c1-32-12-14-33(15-13-32)18-6-7-20-21(16-18)31-25(30-20)23-24(29-17-8-10-28-11-9-17)19-4-2-3-5-22(19)34(27)26(23)35/h2-7,16-17,28-29H,8-15H2,1H3,(H,30,31). The Bertz CT molecular complexity index is 1430. The summed E-state index contributed by atoms with van der Waals surface area (Å²) >= 11 is 6.55. The fourth-order valence-electron chi connectivity index (χ4n) is 5.22. The molecule has 2 aliphatic heterocycles. The number of halogens is 1. The molecule has 0 spiro atoms. The number of imidazole rings is 1. The molecule has 3 N–H and O–H groups in total. The van der Waals surface area contributed by atoms with E-state index in [1.54, 1.807) is 0 Å². The molecule has 9 heteroatoms. The third kappa shape index (κ3) is 4.16. The zero-order valence-electron chi connectivity index (χ0n) is 19.9. The van der Waals surface area contributed by atoms with E-state index >= 15 is 0 Å². The maximum Gasteiger partial charge on any atom is 0.278 e. The number of rotatable bonds is 4. The molecular formula is C26H30ClN7O. The molecule has 0 bridgehead atoms. The lowest BCUT2D eigenvalue weighted by Gasteiger charge is -2.34. The van der Waals surface area contributed by atoms with Crippen molar-refractivity contribution in [3.63, 3.8) is 0 Å². The van der Waals surface area contributed by atoms with Crippen molar-refractivity contribution in [1.29, 1.82) is 0 Å². The van der Waals surface area contributed by atoms with Crippen molar-refractivity contribution >= 4 is 45.1 Å². The topological polar surface area (TPSA) is 81.2 Å². The van der Waals surface area contributed by atoms with E-state index < -0.39 is 0 Å². The average molecular weight is 492 g/mol. The molecule has 2 fully saturated rings. The first-order valence-electron chi connectivity index (χ1n) is 12.3. The minimum atomic E-state index is -0.278. The number of fused-ring (bicyclic) bond motifs is 2. The van der Waals surface area contributed by atoms with E-state index in [0.717, 1.165) is 74.2 Å². The van der Waals surface area contributed by atoms with E-state index in [1.807, 2.05) is 30.3 Å². The summed E-state index contributed by atoms with van der Waals surface area (Å²) in [5.74, 6) is 0.539. The molecule has 8 nitrogen and oxygen atoms in total. The number of aromatic nitrogens is 3. The maximum atomic E-state index is 13.6. The van der Waals surface area contributed by atoms with Crippen molar-refractivity contribution in [1.82, 2.24) is 24.3 Å². The minimum Gasteiger partial charge on any atom is -0.381 e. The lowest BCUT2D eigenvalue weighted by atomic mass is 10.0. The Kier molecular flexibility index (Phi) is 5.88. The number of benzene rings is 2. The van der Waals surface area contributed by atoms with Crippen LogP contribution in [0.5, 0.6) is 0 Å². The Labute approximate surface area is 209 Å². The van der Waals surface area contributed by atoms with E-state index in [0.29, 0.717) is 16.9 Å². The molecule has 4 aromatic rings. The number of H-pyrrole nitrogens is 1. The van der Waals surface area contributed by atoms with Gasteiger partial charge in [-0.25, -0.2) is 9.07 Å². The normalized spacial score (nSPS) is 17.9. The lowest BCUT2D eigenvalue weighted by Crippen LogP contribution is -2.44. The summed E-state index contributed by atoms with van der Waals surface area (Å²) in [6.45, 7) is 5.99. The van der Waals surface area contributed by atoms with Gasteiger partial charge in [0.2, 0.25) is 0 Å². The summed E-state index contributed by atoms with van der Waals surface area (Å²) in [5.41, 5.74) is 4.61. The minimum absolute atomic E-state index is 0.275. The summed E-state index contributed by atoms with van der Waals surface area (Å²) in [6.07, 6.45) is 1.98. The summed E-state index contributed by atoms with van der Waals surface area (Å²) in [6, 6.07) is 14.3. The third-order valence-corrected chi connectivity index (χ3v) is 7.62. The maximum absolute atomic E-state index is 13.6. The highest BCUT2D eigenvalue weighted by Crippen LogP contribution is 2.34. The fraction of sp³-hybridized carbons (Fsp3) is 0.385. The molecule has 0 unspecified atom stereocenters. The van der Waals surface area contributed by atoms with Gasteiger partial charge >= 0.3 is 0 Å². The largest absolute Gasteiger partial charge is 0.381 e. The highest BCUT2D eigenvalue weighted by molar-refractivity contribution is 6.20. The van der Waals surface area contributed by atoms with Gasteiger partial charge in [0.15, 0.2) is 0 Å². The molecule has 35 heavy (non-hydrogen) atoms. The molecule has 0 aliphatic carbocycles. The van der Waals surface area contributed by atoms with Gasteiger partial charge in [0.1, 0.15) is 11.4 Å². The highest BCUT2D eigenvalue weighted by atomic mass is 35.5. The van der Waals surface area contributed by atoms with Crippen LogP contribution in [0.4, 0.5) is 11.4 Å². The number of anilines is 2. The van der Waals surface area contributed by atoms with Crippen LogP contribution < -0.4 is 21.1 Å². The van der Waals surface area contributed by atoms with Crippen LogP contribution in [0.15, 0.2) is 47.3 Å². The number of para-hydroxylation sites is 1. The van der Waals surface area contributed by atoms with Gasteiger partial charge in [0.25, 0.3) is 5.56 Å². The van der Waals surface area contributed by atoms with Crippen LogP contribution >= 0.6 is 11.8 Å². The summed E-state index contributed by atoms with van der Waals surface area (Å²) < 4.78 is 1.21. The second kappa shape index (κ2) is 9.18. The predicted molar refractivity (Wildman–Crippen MR) is 144 cm³/mol. The predicted octanol–water partition coefficient (Wildman–Crippen LogP) is 3.46. The Morgan fingerprint density at radius 3 is 2.63 bits per heavy atom. The molecule has 0 radical (unpaired) electrons. The number of hydrogen-bond donors (Lipinski definition) is 3. The smallest absolute Gasteiger partial charge is 0.278 e. The molecule has 0 amide bonds. The Morgan fingerprint density at radius 2 is 1.83 bits per heavy atom. The van der Waals surface area contributed by atoms with Gasteiger partial charge in [-0.2, -0.15) is 0 Å². The second-order valence-electron chi connectivity index (χ2n) is 9.60. The molecule has 6 rings (SSSR count).